The zero-order valence-corrected chi connectivity index (χ0v) is 15.8. The molecule has 1 amide bonds. The van der Waals surface area contributed by atoms with Gasteiger partial charge in [0.25, 0.3) is 5.56 Å². The number of amides is 1. The van der Waals surface area contributed by atoms with E-state index in [4.69, 9.17) is 4.74 Å². The molecule has 9 heteroatoms. The Morgan fingerprint density at radius 3 is 2.75 bits per heavy atom. The summed E-state index contributed by atoms with van der Waals surface area (Å²) in [4.78, 5) is 39.8. The van der Waals surface area contributed by atoms with Crippen LogP contribution < -0.4 is 27.2 Å². The molecule has 1 aliphatic rings. The molecule has 0 aliphatic carbocycles. The van der Waals surface area contributed by atoms with E-state index in [1.807, 2.05) is 30.3 Å². The molecule has 1 aromatic heterocycles. The van der Waals surface area contributed by atoms with Gasteiger partial charge in [-0.15, -0.1) is 0 Å². The van der Waals surface area contributed by atoms with Crippen LogP contribution >= 0.6 is 0 Å². The van der Waals surface area contributed by atoms with Crippen molar-refractivity contribution in [3.8, 4) is 0 Å². The molecule has 2 aromatic rings. The minimum absolute atomic E-state index is 0.152. The van der Waals surface area contributed by atoms with E-state index >= 15 is 0 Å². The fraction of sp³-hybridized carbons (Fsp3) is 0.421. The Hall–Kier alpha value is -2.91. The summed E-state index contributed by atoms with van der Waals surface area (Å²) in [7, 11) is 1.52. The summed E-state index contributed by atoms with van der Waals surface area (Å²) >= 11 is 0. The Labute approximate surface area is 162 Å². The summed E-state index contributed by atoms with van der Waals surface area (Å²) in [5, 5.41) is 9.00. The van der Waals surface area contributed by atoms with Crippen LogP contribution in [0.15, 0.2) is 39.9 Å². The first-order chi connectivity index (χ1) is 13.6. The van der Waals surface area contributed by atoms with Crippen molar-refractivity contribution in [1.82, 2.24) is 14.9 Å². The predicted octanol–water partition coefficient (Wildman–Crippen LogP) is 0.343. The maximum Gasteiger partial charge on any atom is 0.330 e. The Morgan fingerprint density at radius 1 is 1.29 bits per heavy atom. The first-order valence-electron chi connectivity index (χ1n) is 9.25. The average molecular weight is 387 g/mol. The summed E-state index contributed by atoms with van der Waals surface area (Å²) in [6.45, 7) is 2.18. The molecule has 28 heavy (non-hydrogen) atoms. The molecule has 0 bridgehead atoms. The monoisotopic (exact) mass is 387 g/mol. The standard InChI is InChI=1S/C19H25N5O4/c1-28-10-9-24-16(22-17(25)14-7-8-20-12-14)15(18(26)23-19(24)27)21-11-13-5-3-2-4-6-13/h2-6,14,20-21H,7-12H2,1H3,(H,22,25)(H,23,26,27). The number of H-pyrrole nitrogens is 1. The second-order valence-corrected chi connectivity index (χ2v) is 6.65. The summed E-state index contributed by atoms with van der Waals surface area (Å²) in [5.41, 5.74) is -0.0470. The van der Waals surface area contributed by atoms with Crippen molar-refractivity contribution in [1.29, 1.82) is 0 Å². The lowest BCUT2D eigenvalue weighted by atomic mass is 10.1. The van der Waals surface area contributed by atoms with E-state index in [2.05, 4.69) is 20.9 Å². The number of aromatic nitrogens is 2. The van der Waals surface area contributed by atoms with Crippen molar-refractivity contribution < 1.29 is 9.53 Å². The van der Waals surface area contributed by atoms with E-state index < -0.39 is 11.2 Å². The highest BCUT2D eigenvalue weighted by atomic mass is 16.5. The topological polar surface area (TPSA) is 117 Å². The molecule has 1 aromatic carbocycles. The minimum Gasteiger partial charge on any atom is -0.383 e. The zero-order valence-electron chi connectivity index (χ0n) is 15.8. The van der Waals surface area contributed by atoms with Crippen molar-refractivity contribution in [2.45, 2.75) is 19.5 Å². The number of benzene rings is 1. The average Bonchev–Trinajstić information content (AvgIpc) is 3.23. The van der Waals surface area contributed by atoms with Crippen LogP contribution in [0.25, 0.3) is 0 Å². The number of carbonyl (C=O) groups excluding carboxylic acids is 1. The fourth-order valence-corrected chi connectivity index (χ4v) is 3.14. The van der Waals surface area contributed by atoms with Crippen molar-refractivity contribution in [2.75, 3.05) is 37.4 Å². The van der Waals surface area contributed by atoms with E-state index in [1.165, 1.54) is 11.7 Å². The molecule has 1 aliphatic heterocycles. The highest BCUT2D eigenvalue weighted by molar-refractivity contribution is 5.94. The number of anilines is 2. The van der Waals surface area contributed by atoms with E-state index in [-0.39, 0.29) is 36.5 Å². The molecule has 1 unspecified atom stereocenters. The summed E-state index contributed by atoms with van der Waals surface area (Å²) in [6, 6.07) is 9.55. The van der Waals surface area contributed by atoms with Gasteiger partial charge in [0, 0.05) is 20.2 Å². The molecule has 1 fully saturated rings. The van der Waals surface area contributed by atoms with Crippen LogP contribution in [-0.4, -0.2) is 42.3 Å². The van der Waals surface area contributed by atoms with Crippen LogP contribution in [0, 0.1) is 5.92 Å². The molecule has 1 atom stereocenters. The molecule has 2 heterocycles. The van der Waals surface area contributed by atoms with Gasteiger partial charge in [0.05, 0.1) is 19.1 Å². The van der Waals surface area contributed by atoms with E-state index in [1.54, 1.807) is 0 Å². The van der Waals surface area contributed by atoms with Gasteiger partial charge in [-0.3, -0.25) is 19.1 Å². The van der Waals surface area contributed by atoms with Gasteiger partial charge < -0.3 is 20.7 Å². The van der Waals surface area contributed by atoms with Crippen LogP contribution in [-0.2, 0) is 22.6 Å². The molecular formula is C19H25N5O4. The van der Waals surface area contributed by atoms with E-state index in [0.29, 0.717) is 19.5 Å². The van der Waals surface area contributed by atoms with Crippen molar-refractivity contribution in [2.24, 2.45) is 5.92 Å². The molecule has 9 nitrogen and oxygen atoms in total. The van der Waals surface area contributed by atoms with Gasteiger partial charge in [-0.1, -0.05) is 30.3 Å². The molecular weight excluding hydrogens is 362 g/mol. The largest absolute Gasteiger partial charge is 0.383 e. The molecule has 4 N–H and O–H groups in total. The van der Waals surface area contributed by atoms with Gasteiger partial charge in [-0.2, -0.15) is 0 Å². The summed E-state index contributed by atoms with van der Waals surface area (Å²) in [5.74, 6) is -0.255. The minimum atomic E-state index is -0.591. The van der Waals surface area contributed by atoms with Crippen molar-refractivity contribution >= 4 is 17.4 Å². The number of carbonyl (C=O) groups is 1. The number of methoxy groups -OCH3 is 1. The first kappa shape index (κ1) is 19.8. The SMILES string of the molecule is COCCn1c(NC(=O)C2CCNC2)c(NCc2ccccc2)c(=O)[nH]c1=O. The van der Waals surface area contributed by atoms with Gasteiger partial charge in [0.15, 0.2) is 0 Å². The van der Waals surface area contributed by atoms with Gasteiger partial charge in [-0.25, -0.2) is 4.79 Å². The fourth-order valence-electron chi connectivity index (χ4n) is 3.14. The van der Waals surface area contributed by atoms with E-state index in [0.717, 1.165) is 12.1 Å². The number of rotatable bonds is 8. The maximum atomic E-state index is 12.7. The maximum absolute atomic E-state index is 12.7. The predicted molar refractivity (Wildman–Crippen MR) is 107 cm³/mol. The third kappa shape index (κ3) is 4.68. The van der Waals surface area contributed by atoms with Crippen molar-refractivity contribution in [3.63, 3.8) is 0 Å². The smallest absolute Gasteiger partial charge is 0.330 e. The number of hydrogen-bond acceptors (Lipinski definition) is 6. The summed E-state index contributed by atoms with van der Waals surface area (Å²) < 4.78 is 6.38. The normalized spacial score (nSPS) is 16.1. The number of nitrogens with one attached hydrogen (secondary N) is 4. The third-order valence-corrected chi connectivity index (χ3v) is 4.70. The second-order valence-electron chi connectivity index (χ2n) is 6.65. The van der Waals surface area contributed by atoms with Crippen LogP contribution in [0.4, 0.5) is 11.5 Å². The lowest BCUT2D eigenvalue weighted by Crippen LogP contribution is -2.37. The molecule has 1 saturated heterocycles. The van der Waals surface area contributed by atoms with Crippen molar-refractivity contribution in [3.05, 3.63) is 56.7 Å². The van der Waals surface area contributed by atoms with Gasteiger partial charge in [0.1, 0.15) is 11.5 Å². The molecule has 0 saturated carbocycles. The molecule has 0 spiro atoms. The number of aromatic amines is 1. The van der Waals surface area contributed by atoms with Crippen LogP contribution in [0.5, 0.6) is 0 Å². The van der Waals surface area contributed by atoms with Crippen LogP contribution in [0.3, 0.4) is 0 Å². The van der Waals surface area contributed by atoms with Crippen LogP contribution in [0.1, 0.15) is 12.0 Å². The quantitative estimate of drug-likeness (QED) is 0.519. The van der Waals surface area contributed by atoms with Gasteiger partial charge in [-0.05, 0) is 18.5 Å². The Kier molecular flexibility index (Phi) is 6.62. The lowest BCUT2D eigenvalue weighted by Gasteiger charge is -2.19. The van der Waals surface area contributed by atoms with E-state index in [9.17, 15) is 14.4 Å². The van der Waals surface area contributed by atoms with Gasteiger partial charge in [0.2, 0.25) is 5.91 Å². The number of hydrogen-bond donors (Lipinski definition) is 4. The highest BCUT2D eigenvalue weighted by Crippen LogP contribution is 2.19. The lowest BCUT2D eigenvalue weighted by molar-refractivity contribution is -0.119. The molecule has 0 radical (unpaired) electrons. The first-order valence-corrected chi connectivity index (χ1v) is 9.25. The number of ether oxygens (including phenoxy) is 1. The molecule has 3 rings (SSSR count). The Balaban J connectivity index is 1.94. The van der Waals surface area contributed by atoms with Gasteiger partial charge >= 0.3 is 5.69 Å². The Bertz CT molecular complexity index is 916. The Morgan fingerprint density at radius 2 is 2.07 bits per heavy atom. The number of nitrogens with zero attached hydrogens (tertiary/aromatic N) is 1. The highest BCUT2D eigenvalue weighted by Gasteiger charge is 2.25. The molecule has 150 valence electrons. The van der Waals surface area contributed by atoms with Crippen LogP contribution in [0.2, 0.25) is 0 Å². The third-order valence-electron chi connectivity index (χ3n) is 4.70. The second kappa shape index (κ2) is 9.34. The zero-order chi connectivity index (χ0) is 19.9. The summed E-state index contributed by atoms with van der Waals surface area (Å²) in [6.07, 6.45) is 0.712.